The molecule has 40 valence electrons. The summed E-state index contributed by atoms with van der Waals surface area (Å²) in [5, 5.41) is 10.5. The Labute approximate surface area is 43.0 Å². The van der Waals surface area contributed by atoms with E-state index in [9.17, 15) is 5.21 Å². The fourth-order valence-electron chi connectivity index (χ4n) is 0.529. The second-order valence-corrected chi connectivity index (χ2v) is 1.76. The molecule has 1 aliphatic carbocycles. The van der Waals surface area contributed by atoms with Gasteiger partial charge >= 0.3 is 0 Å². The van der Waals surface area contributed by atoms with Gasteiger partial charge in [-0.3, -0.25) is 0 Å². The van der Waals surface area contributed by atoms with E-state index < -0.39 is 0 Å². The maximum absolute atomic E-state index is 10.5. The molecular formula is C5H9NO. The Morgan fingerprint density at radius 3 is 2.43 bits per heavy atom. The quantitative estimate of drug-likeness (QED) is 0.270. The van der Waals surface area contributed by atoms with Crippen LogP contribution < -0.4 is 0 Å². The number of hydroxylamine groups is 1. The van der Waals surface area contributed by atoms with E-state index >= 15 is 0 Å². The first-order chi connectivity index (χ1) is 3.34. The van der Waals surface area contributed by atoms with Crippen molar-refractivity contribution in [3.8, 4) is 0 Å². The van der Waals surface area contributed by atoms with Crippen molar-refractivity contribution >= 4 is 5.71 Å². The van der Waals surface area contributed by atoms with Crippen molar-refractivity contribution in [1.29, 1.82) is 0 Å². The number of hydrogen-bond acceptors (Lipinski definition) is 1. The van der Waals surface area contributed by atoms with Gasteiger partial charge in [0, 0.05) is 12.8 Å². The van der Waals surface area contributed by atoms with Crippen LogP contribution in [0.15, 0.2) is 0 Å². The predicted molar refractivity (Wildman–Crippen MR) is 28.4 cm³/mol. The van der Waals surface area contributed by atoms with Gasteiger partial charge in [-0.25, -0.2) is 4.74 Å². The van der Waals surface area contributed by atoms with Crippen LogP contribution in [0.5, 0.6) is 0 Å². The molecule has 0 bridgehead atoms. The van der Waals surface area contributed by atoms with Crippen LogP contribution in [0.3, 0.4) is 0 Å². The SMILES string of the molecule is CC[N+]([O-])=C1CC1. The van der Waals surface area contributed by atoms with Crippen molar-refractivity contribution in [2.45, 2.75) is 19.8 Å². The topological polar surface area (TPSA) is 26.1 Å². The normalized spacial score (nSPS) is 17.0. The molecule has 0 N–H and O–H groups in total. The van der Waals surface area contributed by atoms with E-state index in [1.165, 1.54) is 0 Å². The third-order valence-corrected chi connectivity index (χ3v) is 1.11. The van der Waals surface area contributed by atoms with Crippen molar-refractivity contribution in [2.75, 3.05) is 6.54 Å². The first-order valence-electron chi connectivity index (χ1n) is 2.64. The van der Waals surface area contributed by atoms with Crippen molar-refractivity contribution in [1.82, 2.24) is 0 Å². The molecule has 0 spiro atoms. The van der Waals surface area contributed by atoms with Crippen molar-refractivity contribution in [3.63, 3.8) is 0 Å². The highest BCUT2D eigenvalue weighted by Gasteiger charge is 2.21. The molecule has 0 aromatic carbocycles. The summed E-state index contributed by atoms with van der Waals surface area (Å²) in [6, 6.07) is 0. The van der Waals surface area contributed by atoms with E-state index in [-0.39, 0.29) is 0 Å². The second kappa shape index (κ2) is 1.52. The summed E-state index contributed by atoms with van der Waals surface area (Å²) >= 11 is 0. The molecule has 0 saturated heterocycles. The fraction of sp³-hybridized carbons (Fsp3) is 0.800. The molecule has 0 radical (unpaired) electrons. The lowest BCUT2D eigenvalue weighted by molar-refractivity contribution is -0.451. The highest BCUT2D eigenvalue weighted by molar-refractivity contribution is 5.93. The third-order valence-electron chi connectivity index (χ3n) is 1.11. The third kappa shape index (κ3) is 0.918. The van der Waals surface area contributed by atoms with Gasteiger partial charge in [0.15, 0.2) is 12.3 Å². The molecule has 1 fully saturated rings. The summed E-state index contributed by atoms with van der Waals surface area (Å²) < 4.78 is 1.07. The Hall–Kier alpha value is -0.530. The maximum atomic E-state index is 10.5. The molecule has 2 nitrogen and oxygen atoms in total. The monoisotopic (exact) mass is 99.1 g/mol. The maximum Gasteiger partial charge on any atom is 0.164 e. The molecule has 7 heavy (non-hydrogen) atoms. The van der Waals surface area contributed by atoms with Crippen molar-refractivity contribution in [3.05, 3.63) is 5.21 Å². The Bertz CT molecular complexity index is 101. The minimum Gasteiger partial charge on any atom is -0.624 e. The van der Waals surface area contributed by atoms with E-state index in [0.717, 1.165) is 23.3 Å². The van der Waals surface area contributed by atoms with Crippen LogP contribution in [-0.4, -0.2) is 17.0 Å². The summed E-state index contributed by atoms with van der Waals surface area (Å²) in [4.78, 5) is 0. The molecule has 1 rings (SSSR count). The molecule has 1 aliphatic rings. The molecule has 0 atom stereocenters. The molecule has 0 unspecified atom stereocenters. The van der Waals surface area contributed by atoms with E-state index in [2.05, 4.69) is 0 Å². The minimum absolute atomic E-state index is 0.620. The van der Waals surface area contributed by atoms with Gasteiger partial charge in [-0.05, 0) is 6.92 Å². The summed E-state index contributed by atoms with van der Waals surface area (Å²) in [6.45, 7) is 2.49. The second-order valence-electron chi connectivity index (χ2n) is 1.76. The van der Waals surface area contributed by atoms with E-state index in [0.29, 0.717) is 6.54 Å². The van der Waals surface area contributed by atoms with Gasteiger partial charge in [-0.2, -0.15) is 0 Å². The van der Waals surface area contributed by atoms with Crippen LogP contribution >= 0.6 is 0 Å². The van der Waals surface area contributed by atoms with Crippen LogP contribution in [0.2, 0.25) is 0 Å². The number of nitrogens with zero attached hydrogens (tertiary/aromatic N) is 1. The van der Waals surface area contributed by atoms with Crippen LogP contribution in [0.4, 0.5) is 0 Å². The molecular weight excluding hydrogens is 90.1 g/mol. The van der Waals surface area contributed by atoms with Crippen molar-refractivity contribution < 1.29 is 4.74 Å². The van der Waals surface area contributed by atoms with Gasteiger partial charge in [0.25, 0.3) is 0 Å². The largest absolute Gasteiger partial charge is 0.624 e. The van der Waals surface area contributed by atoms with Gasteiger partial charge < -0.3 is 5.21 Å². The van der Waals surface area contributed by atoms with Gasteiger partial charge in [-0.1, -0.05) is 0 Å². The van der Waals surface area contributed by atoms with Crippen LogP contribution in [0, 0.1) is 5.21 Å². The predicted octanol–water partition coefficient (Wildman–Crippen LogP) is 0.751. The lowest BCUT2D eigenvalue weighted by atomic mass is 10.7. The average Bonchev–Trinajstić information content (AvgIpc) is 2.44. The first kappa shape index (κ1) is 4.62. The van der Waals surface area contributed by atoms with Crippen LogP contribution in [0.1, 0.15) is 19.8 Å². The standard InChI is InChI=1S/C5H9NO/c1-2-6(7)5-3-4-5/h2-4H2,1H3. The Morgan fingerprint density at radius 2 is 2.29 bits per heavy atom. The Morgan fingerprint density at radius 1 is 1.71 bits per heavy atom. The number of rotatable bonds is 1. The molecule has 0 heterocycles. The lowest BCUT2D eigenvalue weighted by Gasteiger charge is -1.95. The zero-order valence-corrected chi connectivity index (χ0v) is 4.48. The van der Waals surface area contributed by atoms with Crippen LogP contribution in [0.25, 0.3) is 0 Å². The minimum atomic E-state index is 0.620. The lowest BCUT2D eigenvalue weighted by Crippen LogP contribution is -2.02. The molecule has 0 aromatic rings. The van der Waals surface area contributed by atoms with Crippen LogP contribution in [-0.2, 0) is 0 Å². The van der Waals surface area contributed by atoms with Gasteiger partial charge in [0.2, 0.25) is 0 Å². The van der Waals surface area contributed by atoms with Crippen molar-refractivity contribution in [2.24, 2.45) is 0 Å². The van der Waals surface area contributed by atoms with Gasteiger partial charge in [0.1, 0.15) is 0 Å². The molecule has 0 aliphatic heterocycles. The summed E-state index contributed by atoms with van der Waals surface area (Å²) in [5.74, 6) is 0. The Kier molecular flexibility index (Phi) is 1.01. The highest BCUT2D eigenvalue weighted by Crippen LogP contribution is 2.12. The summed E-state index contributed by atoms with van der Waals surface area (Å²) in [6.07, 6.45) is 2.08. The summed E-state index contributed by atoms with van der Waals surface area (Å²) in [7, 11) is 0. The molecule has 0 aromatic heterocycles. The smallest absolute Gasteiger partial charge is 0.164 e. The van der Waals surface area contributed by atoms with Gasteiger partial charge in [0.05, 0.1) is 0 Å². The molecule has 2 heteroatoms. The Balaban J connectivity index is 2.49. The zero-order chi connectivity index (χ0) is 5.28. The number of hydrogen-bond donors (Lipinski definition) is 0. The fourth-order valence-corrected chi connectivity index (χ4v) is 0.529. The summed E-state index contributed by atoms with van der Waals surface area (Å²) in [5.41, 5.74) is 1.07. The average molecular weight is 99.1 g/mol. The molecule has 0 amide bonds. The van der Waals surface area contributed by atoms with E-state index in [4.69, 9.17) is 0 Å². The first-order valence-corrected chi connectivity index (χ1v) is 2.64. The van der Waals surface area contributed by atoms with E-state index in [1.807, 2.05) is 6.92 Å². The highest BCUT2D eigenvalue weighted by atomic mass is 16.5. The zero-order valence-electron chi connectivity index (χ0n) is 4.48. The van der Waals surface area contributed by atoms with E-state index in [1.54, 1.807) is 0 Å². The molecule has 1 saturated carbocycles. The van der Waals surface area contributed by atoms with Gasteiger partial charge in [-0.15, -0.1) is 0 Å².